The number of piperazine rings is 1. The van der Waals surface area contributed by atoms with Crippen molar-refractivity contribution in [1.82, 2.24) is 9.47 Å². The van der Waals surface area contributed by atoms with Gasteiger partial charge >= 0.3 is 5.97 Å². The lowest BCUT2D eigenvalue weighted by molar-refractivity contribution is 0.0523. The Morgan fingerprint density at radius 1 is 1.03 bits per heavy atom. The van der Waals surface area contributed by atoms with E-state index in [9.17, 15) is 14.4 Å². The van der Waals surface area contributed by atoms with Gasteiger partial charge in [0.2, 0.25) is 0 Å². The van der Waals surface area contributed by atoms with Crippen molar-refractivity contribution in [3.63, 3.8) is 0 Å². The number of anilines is 1. The number of carbonyl (C=O) groups is 2. The highest BCUT2D eigenvalue weighted by Gasteiger charge is 2.29. The van der Waals surface area contributed by atoms with E-state index < -0.39 is 5.97 Å². The number of fused-ring (bicyclic) bond motifs is 1. The van der Waals surface area contributed by atoms with E-state index in [0.717, 1.165) is 16.5 Å². The zero-order chi connectivity index (χ0) is 23.7. The molecule has 1 aromatic heterocycles. The Balaban J connectivity index is 1.71. The zero-order valence-corrected chi connectivity index (χ0v) is 19.7. The maximum absolute atomic E-state index is 13.2. The molecule has 1 fully saturated rings. The Hall–Kier alpha value is -3.32. The van der Waals surface area contributed by atoms with E-state index in [0.29, 0.717) is 42.5 Å². The summed E-state index contributed by atoms with van der Waals surface area (Å²) in [5, 5.41) is 1.40. The summed E-state index contributed by atoms with van der Waals surface area (Å²) in [6.07, 6.45) is 0. The fourth-order valence-electron chi connectivity index (χ4n) is 4.27. The molecule has 0 atom stereocenters. The lowest BCUT2D eigenvalue weighted by atomic mass is 10.0. The van der Waals surface area contributed by atoms with E-state index in [-0.39, 0.29) is 23.6 Å². The molecule has 0 bridgehead atoms. The summed E-state index contributed by atoms with van der Waals surface area (Å²) in [6, 6.07) is 12.6. The van der Waals surface area contributed by atoms with Gasteiger partial charge in [-0.1, -0.05) is 23.2 Å². The molecule has 0 radical (unpaired) electrons. The van der Waals surface area contributed by atoms with Crippen molar-refractivity contribution in [1.29, 1.82) is 0 Å². The molecule has 8 heteroatoms. The number of ether oxygens (including phenoxy) is 1. The van der Waals surface area contributed by atoms with Gasteiger partial charge in [-0.3, -0.25) is 9.59 Å². The van der Waals surface area contributed by atoms with Gasteiger partial charge in [-0.15, -0.1) is 0 Å². The van der Waals surface area contributed by atoms with Crippen molar-refractivity contribution >= 4 is 40.1 Å². The molecule has 33 heavy (non-hydrogen) atoms. The highest BCUT2D eigenvalue weighted by Crippen LogP contribution is 2.31. The molecule has 0 saturated carbocycles. The quantitative estimate of drug-likeness (QED) is 0.548. The van der Waals surface area contributed by atoms with Gasteiger partial charge in [-0.25, -0.2) is 4.79 Å². The highest BCUT2D eigenvalue weighted by molar-refractivity contribution is 6.30. The molecular weight excluding hydrogens is 442 g/mol. The Morgan fingerprint density at radius 3 is 2.33 bits per heavy atom. The average molecular weight is 468 g/mol. The van der Waals surface area contributed by atoms with Crippen molar-refractivity contribution < 1.29 is 14.3 Å². The summed E-state index contributed by atoms with van der Waals surface area (Å²) in [5.41, 5.74) is 2.57. The highest BCUT2D eigenvalue weighted by atomic mass is 35.5. The Bertz CT molecular complexity index is 1280. The van der Waals surface area contributed by atoms with Crippen LogP contribution in [0.15, 0.2) is 47.3 Å². The van der Waals surface area contributed by atoms with E-state index in [2.05, 4.69) is 0 Å². The molecule has 2 heterocycles. The molecule has 172 valence electrons. The largest absolute Gasteiger partial charge is 0.462 e. The van der Waals surface area contributed by atoms with Crippen LogP contribution in [0.4, 0.5) is 5.69 Å². The molecule has 1 amide bonds. The molecule has 1 aliphatic heterocycles. The number of esters is 1. The van der Waals surface area contributed by atoms with Gasteiger partial charge in [0, 0.05) is 49.2 Å². The van der Waals surface area contributed by atoms with Crippen LogP contribution in [-0.2, 0) is 11.8 Å². The number of amides is 1. The molecule has 7 nitrogen and oxygen atoms in total. The van der Waals surface area contributed by atoms with Crippen LogP contribution in [0.25, 0.3) is 10.9 Å². The van der Waals surface area contributed by atoms with Crippen LogP contribution in [-0.4, -0.2) is 54.1 Å². The Labute approximate surface area is 197 Å². The van der Waals surface area contributed by atoms with Crippen LogP contribution in [0.2, 0.25) is 5.02 Å². The number of aryl methyl sites for hydroxylation is 2. The zero-order valence-electron chi connectivity index (χ0n) is 18.9. The predicted octanol–water partition coefficient (Wildman–Crippen LogP) is 3.64. The van der Waals surface area contributed by atoms with Crippen molar-refractivity contribution in [3.8, 4) is 0 Å². The number of pyridine rings is 1. The molecule has 4 rings (SSSR count). The third kappa shape index (κ3) is 4.33. The van der Waals surface area contributed by atoms with Gasteiger partial charge in [0.25, 0.3) is 11.5 Å². The molecule has 3 aromatic rings. The minimum Gasteiger partial charge on any atom is -0.462 e. The van der Waals surface area contributed by atoms with Crippen LogP contribution in [0.1, 0.15) is 33.2 Å². The fourth-order valence-corrected chi connectivity index (χ4v) is 4.39. The summed E-state index contributed by atoms with van der Waals surface area (Å²) >= 11 is 5.94. The molecule has 0 N–H and O–H groups in total. The molecule has 0 aliphatic carbocycles. The monoisotopic (exact) mass is 467 g/mol. The number of halogens is 1. The van der Waals surface area contributed by atoms with Crippen LogP contribution >= 0.6 is 11.6 Å². The van der Waals surface area contributed by atoms with Crippen molar-refractivity contribution in [2.24, 2.45) is 7.05 Å². The first-order valence-corrected chi connectivity index (χ1v) is 11.3. The molecular formula is C25H26ClN3O4. The molecule has 0 spiro atoms. The van der Waals surface area contributed by atoms with Crippen LogP contribution in [0.5, 0.6) is 0 Å². The van der Waals surface area contributed by atoms with E-state index in [1.165, 1.54) is 4.57 Å². The van der Waals surface area contributed by atoms with E-state index >= 15 is 0 Å². The minimum atomic E-state index is -0.629. The fraction of sp³-hybridized carbons (Fsp3) is 0.320. The molecule has 1 aliphatic rings. The van der Waals surface area contributed by atoms with Gasteiger partial charge in [0.05, 0.1) is 17.8 Å². The van der Waals surface area contributed by atoms with Gasteiger partial charge in [-0.05, 0) is 50.2 Å². The maximum Gasteiger partial charge on any atom is 0.345 e. The lowest BCUT2D eigenvalue weighted by Crippen LogP contribution is -2.49. The standard InChI is InChI=1S/C25H26ClN3O4/c1-4-33-25(32)21-22(19-15-16(2)5-10-20(19)27(3)24(21)31)28-11-13-29(14-12-28)23(30)17-6-8-18(26)9-7-17/h5-10,15H,4,11-14H2,1-3H3. The number of carbonyl (C=O) groups excluding carboxylic acids is 2. The summed E-state index contributed by atoms with van der Waals surface area (Å²) < 4.78 is 6.74. The average Bonchev–Trinajstić information content (AvgIpc) is 2.81. The Kier molecular flexibility index (Phi) is 6.42. The van der Waals surface area contributed by atoms with E-state index in [4.69, 9.17) is 16.3 Å². The first-order chi connectivity index (χ1) is 15.8. The van der Waals surface area contributed by atoms with E-state index in [1.807, 2.05) is 30.0 Å². The number of benzene rings is 2. The maximum atomic E-state index is 13.2. The molecule has 1 saturated heterocycles. The summed E-state index contributed by atoms with van der Waals surface area (Å²) in [6.45, 7) is 5.77. The first kappa shape index (κ1) is 22.9. The SMILES string of the molecule is CCOC(=O)c1c(N2CCN(C(=O)c3ccc(Cl)cc3)CC2)c2cc(C)ccc2n(C)c1=O. The van der Waals surface area contributed by atoms with Crippen molar-refractivity contribution in [2.75, 3.05) is 37.7 Å². The van der Waals surface area contributed by atoms with Crippen LogP contribution in [0.3, 0.4) is 0 Å². The van der Waals surface area contributed by atoms with Crippen LogP contribution < -0.4 is 10.5 Å². The second-order valence-corrected chi connectivity index (χ2v) is 8.55. The van der Waals surface area contributed by atoms with E-state index in [1.54, 1.807) is 43.1 Å². The normalized spacial score (nSPS) is 13.9. The lowest BCUT2D eigenvalue weighted by Gasteiger charge is -2.37. The smallest absolute Gasteiger partial charge is 0.345 e. The molecule has 0 unspecified atom stereocenters. The summed E-state index contributed by atoms with van der Waals surface area (Å²) in [5.74, 6) is -0.696. The summed E-state index contributed by atoms with van der Waals surface area (Å²) in [7, 11) is 1.66. The second kappa shape index (κ2) is 9.27. The van der Waals surface area contributed by atoms with Crippen LogP contribution in [0, 0.1) is 6.92 Å². The first-order valence-electron chi connectivity index (χ1n) is 10.9. The topological polar surface area (TPSA) is 71.8 Å². The van der Waals surface area contributed by atoms with Crippen molar-refractivity contribution in [3.05, 3.63) is 74.5 Å². The predicted molar refractivity (Wildman–Crippen MR) is 129 cm³/mol. The molecule has 2 aromatic carbocycles. The third-order valence-corrected chi connectivity index (χ3v) is 6.23. The van der Waals surface area contributed by atoms with Gasteiger partial charge in [0.1, 0.15) is 5.56 Å². The minimum absolute atomic E-state index is 0.0370. The Morgan fingerprint density at radius 2 is 1.70 bits per heavy atom. The third-order valence-electron chi connectivity index (χ3n) is 5.98. The summed E-state index contributed by atoms with van der Waals surface area (Å²) in [4.78, 5) is 42.7. The second-order valence-electron chi connectivity index (χ2n) is 8.11. The van der Waals surface area contributed by atoms with Crippen molar-refractivity contribution in [2.45, 2.75) is 13.8 Å². The number of hydrogen-bond donors (Lipinski definition) is 0. The van der Waals surface area contributed by atoms with Gasteiger partial charge < -0.3 is 19.1 Å². The number of hydrogen-bond acceptors (Lipinski definition) is 5. The number of aromatic nitrogens is 1. The number of nitrogens with zero attached hydrogens (tertiary/aromatic N) is 3. The van der Waals surface area contributed by atoms with Gasteiger partial charge in [-0.2, -0.15) is 0 Å². The number of rotatable bonds is 4. The van der Waals surface area contributed by atoms with Gasteiger partial charge in [0.15, 0.2) is 0 Å².